The van der Waals surface area contributed by atoms with Gasteiger partial charge in [0.05, 0.1) is 22.6 Å². The SMILES string of the molecule is CC(=O)Nc1ccccc1NOC(=O)c1ccccc1NC(C)=O. The van der Waals surface area contributed by atoms with E-state index >= 15 is 0 Å². The lowest BCUT2D eigenvalue weighted by molar-refractivity contribution is -0.115. The quantitative estimate of drug-likeness (QED) is 0.734. The lowest BCUT2D eigenvalue weighted by atomic mass is 10.2. The minimum absolute atomic E-state index is 0.206. The lowest BCUT2D eigenvalue weighted by Crippen LogP contribution is -2.16. The molecule has 0 aliphatic carbocycles. The van der Waals surface area contributed by atoms with Crippen molar-refractivity contribution in [2.75, 3.05) is 16.1 Å². The molecule has 0 heterocycles. The highest BCUT2D eigenvalue weighted by Crippen LogP contribution is 2.22. The summed E-state index contributed by atoms with van der Waals surface area (Å²) in [5.41, 5.74) is 3.99. The number of carbonyl (C=O) groups is 3. The van der Waals surface area contributed by atoms with Crippen LogP contribution in [-0.2, 0) is 14.4 Å². The van der Waals surface area contributed by atoms with E-state index in [9.17, 15) is 14.4 Å². The van der Waals surface area contributed by atoms with Gasteiger partial charge in [0.15, 0.2) is 0 Å². The molecular formula is C17H17N3O4. The molecule has 2 amide bonds. The van der Waals surface area contributed by atoms with Crippen LogP contribution in [-0.4, -0.2) is 17.8 Å². The number of para-hydroxylation sites is 3. The second kappa shape index (κ2) is 7.77. The van der Waals surface area contributed by atoms with Gasteiger partial charge in [-0.1, -0.05) is 24.3 Å². The topological polar surface area (TPSA) is 96.5 Å². The Hall–Kier alpha value is -3.35. The maximum atomic E-state index is 12.2. The van der Waals surface area contributed by atoms with Crippen LogP contribution < -0.4 is 16.1 Å². The standard InChI is InChI=1S/C17H17N3O4/c1-11(21)18-14-8-4-3-7-13(14)17(23)24-20-16-10-6-5-9-15(16)19-12(2)22/h3-10,20H,1-2H3,(H,18,21)(H,19,22). The molecule has 0 atom stereocenters. The van der Waals surface area contributed by atoms with Crippen LogP contribution in [0.25, 0.3) is 0 Å². The van der Waals surface area contributed by atoms with Gasteiger partial charge in [-0.2, -0.15) is 0 Å². The fraction of sp³-hybridized carbons (Fsp3) is 0.118. The summed E-state index contributed by atoms with van der Waals surface area (Å²) in [6.07, 6.45) is 0. The molecule has 2 rings (SSSR count). The molecule has 0 radical (unpaired) electrons. The number of hydrogen-bond donors (Lipinski definition) is 3. The van der Waals surface area contributed by atoms with Crippen LogP contribution in [0, 0.1) is 0 Å². The van der Waals surface area contributed by atoms with Gasteiger partial charge < -0.3 is 15.5 Å². The van der Waals surface area contributed by atoms with Gasteiger partial charge >= 0.3 is 5.97 Å². The van der Waals surface area contributed by atoms with Crippen LogP contribution in [0.4, 0.5) is 17.1 Å². The predicted molar refractivity (Wildman–Crippen MR) is 90.5 cm³/mol. The van der Waals surface area contributed by atoms with Crippen LogP contribution in [0.2, 0.25) is 0 Å². The van der Waals surface area contributed by atoms with E-state index in [0.29, 0.717) is 17.1 Å². The Labute approximate surface area is 139 Å². The van der Waals surface area contributed by atoms with Crippen LogP contribution in [0.15, 0.2) is 48.5 Å². The van der Waals surface area contributed by atoms with Gasteiger partial charge in [-0.25, -0.2) is 10.3 Å². The van der Waals surface area contributed by atoms with Crippen LogP contribution in [0.3, 0.4) is 0 Å². The summed E-state index contributed by atoms with van der Waals surface area (Å²) < 4.78 is 0. The smallest absolute Gasteiger partial charge is 0.338 e. The lowest BCUT2D eigenvalue weighted by Gasteiger charge is -2.13. The average Bonchev–Trinajstić information content (AvgIpc) is 2.53. The minimum Gasteiger partial charge on any atom is -0.338 e. The molecule has 124 valence electrons. The Bertz CT molecular complexity index is 774. The highest BCUT2D eigenvalue weighted by molar-refractivity contribution is 6.01. The second-order valence-electron chi connectivity index (χ2n) is 4.95. The van der Waals surface area contributed by atoms with Crippen molar-refractivity contribution in [1.82, 2.24) is 0 Å². The molecule has 3 N–H and O–H groups in total. The summed E-state index contributed by atoms with van der Waals surface area (Å²) in [4.78, 5) is 39.7. The number of carbonyl (C=O) groups excluding carboxylic acids is 3. The fourth-order valence-electron chi connectivity index (χ4n) is 1.99. The summed E-state index contributed by atoms with van der Waals surface area (Å²) in [5.74, 6) is -1.21. The molecule has 7 heteroatoms. The Balaban J connectivity index is 2.12. The van der Waals surface area contributed by atoms with Crippen molar-refractivity contribution >= 4 is 34.8 Å². The highest BCUT2D eigenvalue weighted by atomic mass is 16.7. The van der Waals surface area contributed by atoms with Gasteiger partial charge in [-0.15, -0.1) is 0 Å². The van der Waals surface area contributed by atoms with E-state index in [-0.39, 0.29) is 17.4 Å². The van der Waals surface area contributed by atoms with Crippen molar-refractivity contribution in [1.29, 1.82) is 0 Å². The van der Waals surface area contributed by atoms with E-state index < -0.39 is 5.97 Å². The van der Waals surface area contributed by atoms with E-state index in [1.807, 2.05) is 0 Å². The average molecular weight is 327 g/mol. The number of hydrogen-bond acceptors (Lipinski definition) is 5. The van der Waals surface area contributed by atoms with Gasteiger partial charge in [0, 0.05) is 13.8 Å². The van der Waals surface area contributed by atoms with Crippen molar-refractivity contribution in [2.24, 2.45) is 0 Å². The molecule has 24 heavy (non-hydrogen) atoms. The second-order valence-corrected chi connectivity index (χ2v) is 4.95. The molecule has 0 aromatic heterocycles. The third-order valence-corrected chi connectivity index (χ3v) is 2.95. The fourth-order valence-corrected chi connectivity index (χ4v) is 1.99. The zero-order valence-corrected chi connectivity index (χ0v) is 13.3. The molecule has 2 aromatic carbocycles. The third kappa shape index (κ3) is 4.57. The zero-order valence-electron chi connectivity index (χ0n) is 13.3. The van der Waals surface area contributed by atoms with Gasteiger partial charge in [0.1, 0.15) is 0 Å². The van der Waals surface area contributed by atoms with Gasteiger partial charge in [0.2, 0.25) is 11.8 Å². The van der Waals surface area contributed by atoms with E-state index in [1.165, 1.54) is 19.9 Å². The summed E-state index contributed by atoms with van der Waals surface area (Å²) >= 11 is 0. The molecule has 7 nitrogen and oxygen atoms in total. The largest absolute Gasteiger partial charge is 0.364 e. The maximum Gasteiger partial charge on any atom is 0.364 e. The Kier molecular flexibility index (Phi) is 5.51. The van der Waals surface area contributed by atoms with Crippen molar-refractivity contribution in [3.05, 3.63) is 54.1 Å². The van der Waals surface area contributed by atoms with Gasteiger partial charge in [-0.3, -0.25) is 9.59 Å². The highest BCUT2D eigenvalue weighted by Gasteiger charge is 2.14. The van der Waals surface area contributed by atoms with Crippen molar-refractivity contribution < 1.29 is 19.2 Å². The summed E-state index contributed by atoms with van der Waals surface area (Å²) in [7, 11) is 0. The van der Waals surface area contributed by atoms with Crippen LogP contribution >= 0.6 is 0 Å². The predicted octanol–water partition coefficient (Wildman–Crippen LogP) is 2.79. The van der Waals surface area contributed by atoms with E-state index in [2.05, 4.69) is 16.1 Å². The van der Waals surface area contributed by atoms with E-state index in [4.69, 9.17) is 4.84 Å². The number of rotatable bonds is 5. The Morgan fingerprint density at radius 1 is 0.750 bits per heavy atom. The summed E-state index contributed by atoms with van der Waals surface area (Å²) in [5, 5.41) is 5.19. The van der Waals surface area contributed by atoms with Crippen molar-refractivity contribution in [2.45, 2.75) is 13.8 Å². The van der Waals surface area contributed by atoms with Gasteiger partial charge in [0.25, 0.3) is 0 Å². The first-order valence-corrected chi connectivity index (χ1v) is 7.18. The molecular weight excluding hydrogens is 310 g/mol. The molecule has 2 aromatic rings. The monoisotopic (exact) mass is 327 g/mol. The van der Waals surface area contributed by atoms with Crippen molar-refractivity contribution in [3.8, 4) is 0 Å². The van der Waals surface area contributed by atoms with Gasteiger partial charge in [-0.05, 0) is 24.3 Å². The first kappa shape index (κ1) is 17.0. The molecule has 0 saturated carbocycles. The molecule has 0 aliphatic heterocycles. The first-order chi connectivity index (χ1) is 11.5. The van der Waals surface area contributed by atoms with Crippen molar-refractivity contribution in [3.63, 3.8) is 0 Å². The number of benzene rings is 2. The molecule has 0 aliphatic rings. The molecule has 0 bridgehead atoms. The number of anilines is 3. The number of amides is 2. The molecule has 0 fully saturated rings. The van der Waals surface area contributed by atoms with Crippen LogP contribution in [0.1, 0.15) is 24.2 Å². The first-order valence-electron chi connectivity index (χ1n) is 7.18. The maximum absolute atomic E-state index is 12.2. The van der Waals surface area contributed by atoms with E-state index in [0.717, 1.165) is 0 Å². The minimum atomic E-state index is -0.669. The zero-order chi connectivity index (χ0) is 17.5. The third-order valence-electron chi connectivity index (χ3n) is 2.95. The van der Waals surface area contributed by atoms with Crippen LogP contribution in [0.5, 0.6) is 0 Å². The molecule has 0 unspecified atom stereocenters. The summed E-state index contributed by atoms with van der Waals surface area (Å²) in [6, 6.07) is 13.3. The normalized spacial score (nSPS) is 9.75. The van der Waals surface area contributed by atoms with E-state index in [1.54, 1.807) is 42.5 Å². The Morgan fingerprint density at radius 2 is 1.25 bits per heavy atom. The summed E-state index contributed by atoms with van der Waals surface area (Å²) in [6.45, 7) is 2.73. The number of nitrogens with one attached hydrogen (secondary N) is 3. The molecule has 0 spiro atoms. The Morgan fingerprint density at radius 3 is 1.88 bits per heavy atom. The molecule has 0 saturated heterocycles.